The van der Waals surface area contributed by atoms with E-state index >= 15 is 0 Å². The van der Waals surface area contributed by atoms with Crippen molar-refractivity contribution >= 4 is 6.08 Å². The predicted molar refractivity (Wildman–Crippen MR) is 57.2 cm³/mol. The molecular weight excluding hydrogens is 178 g/mol. The van der Waals surface area contributed by atoms with Gasteiger partial charge in [0.25, 0.3) is 0 Å². The van der Waals surface area contributed by atoms with Gasteiger partial charge in [-0.1, -0.05) is 26.2 Å². The molecule has 82 valence electrons. The summed E-state index contributed by atoms with van der Waals surface area (Å²) in [6.45, 7) is 4.53. The molecule has 0 aromatic heterocycles. The summed E-state index contributed by atoms with van der Waals surface area (Å²) < 4.78 is 5.36. The van der Waals surface area contributed by atoms with Crippen LogP contribution in [-0.2, 0) is 9.53 Å². The van der Waals surface area contributed by atoms with Crippen molar-refractivity contribution in [3.8, 4) is 0 Å². The van der Waals surface area contributed by atoms with Crippen LogP contribution >= 0.6 is 0 Å². The Morgan fingerprint density at radius 3 is 2.50 bits per heavy atom. The van der Waals surface area contributed by atoms with Crippen molar-refractivity contribution in [2.75, 3.05) is 19.8 Å². The molecule has 0 aliphatic carbocycles. The molecule has 0 aliphatic heterocycles. The number of aliphatic imine (C=N–C) groups is 1. The van der Waals surface area contributed by atoms with Crippen LogP contribution in [0.15, 0.2) is 4.99 Å². The highest BCUT2D eigenvalue weighted by Gasteiger charge is 1.90. The summed E-state index contributed by atoms with van der Waals surface area (Å²) in [7, 11) is 0. The summed E-state index contributed by atoms with van der Waals surface area (Å²) in [6.07, 6.45) is 8.38. The van der Waals surface area contributed by atoms with E-state index in [9.17, 15) is 4.79 Å². The Morgan fingerprint density at radius 1 is 1.07 bits per heavy atom. The van der Waals surface area contributed by atoms with E-state index in [2.05, 4.69) is 11.9 Å². The third kappa shape index (κ3) is 11.3. The first kappa shape index (κ1) is 13.3. The molecule has 0 rings (SSSR count). The van der Waals surface area contributed by atoms with Gasteiger partial charge in [0.05, 0.1) is 6.54 Å². The maximum Gasteiger partial charge on any atom is 0.234 e. The third-order valence-electron chi connectivity index (χ3n) is 1.97. The minimum atomic E-state index is 0.635. The third-order valence-corrected chi connectivity index (χ3v) is 1.97. The number of ether oxygens (including phenoxy) is 1. The van der Waals surface area contributed by atoms with E-state index in [-0.39, 0.29) is 0 Å². The zero-order valence-electron chi connectivity index (χ0n) is 9.13. The van der Waals surface area contributed by atoms with Gasteiger partial charge in [0.15, 0.2) is 0 Å². The maximum atomic E-state index is 9.73. The highest BCUT2D eigenvalue weighted by atomic mass is 16.5. The molecule has 0 saturated carbocycles. The second-order valence-corrected chi connectivity index (χ2v) is 3.35. The number of isocyanates is 1. The largest absolute Gasteiger partial charge is 0.381 e. The predicted octanol–water partition coefficient (Wildman–Crippen LogP) is 2.70. The number of carbonyl (C=O) groups excluding carboxylic acids is 1. The van der Waals surface area contributed by atoms with Crippen LogP contribution in [0.3, 0.4) is 0 Å². The van der Waals surface area contributed by atoms with Gasteiger partial charge in [0.1, 0.15) is 0 Å². The van der Waals surface area contributed by atoms with E-state index in [0.29, 0.717) is 6.54 Å². The molecule has 0 fully saturated rings. The Morgan fingerprint density at radius 2 is 1.79 bits per heavy atom. The van der Waals surface area contributed by atoms with Gasteiger partial charge in [-0.3, -0.25) is 0 Å². The molecule has 0 amide bonds. The van der Waals surface area contributed by atoms with Crippen LogP contribution in [0.2, 0.25) is 0 Å². The SMILES string of the molecule is CCCOCCCCCCCN=C=O. The number of hydrogen-bond donors (Lipinski definition) is 0. The maximum absolute atomic E-state index is 9.73. The zero-order valence-corrected chi connectivity index (χ0v) is 9.13. The molecule has 0 bridgehead atoms. The monoisotopic (exact) mass is 199 g/mol. The van der Waals surface area contributed by atoms with Gasteiger partial charge in [-0.15, -0.1) is 0 Å². The Kier molecular flexibility index (Phi) is 11.8. The first-order valence-corrected chi connectivity index (χ1v) is 5.53. The van der Waals surface area contributed by atoms with Crippen molar-refractivity contribution in [1.82, 2.24) is 0 Å². The fourth-order valence-corrected chi connectivity index (χ4v) is 1.22. The molecule has 14 heavy (non-hydrogen) atoms. The van der Waals surface area contributed by atoms with Gasteiger partial charge >= 0.3 is 0 Å². The second kappa shape index (κ2) is 12.3. The molecule has 0 saturated heterocycles. The summed E-state index contributed by atoms with van der Waals surface area (Å²) in [5, 5.41) is 0. The number of nitrogens with zero attached hydrogens (tertiary/aromatic N) is 1. The van der Waals surface area contributed by atoms with Gasteiger partial charge in [-0.2, -0.15) is 0 Å². The summed E-state index contributed by atoms with van der Waals surface area (Å²) in [6, 6.07) is 0. The lowest BCUT2D eigenvalue weighted by Crippen LogP contribution is -1.95. The summed E-state index contributed by atoms with van der Waals surface area (Å²) in [4.78, 5) is 13.2. The molecule has 0 aliphatic rings. The lowest BCUT2D eigenvalue weighted by atomic mass is 10.1. The van der Waals surface area contributed by atoms with Crippen LogP contribution in [-0.4, -0.2) is 25.8 Å². The van der Waals surface area contributed by atoms with E-state index in [4.69, 9.17) is 4.74 Å². The minimum Gasteiger partial charge on any atom is -0.381 e. The molecule has 0 unspecified atom stereocenters. The summed E-state index contributed by atoms with van der Waals surface area (Å²) in [5.74, 6) is 0. The highest BCUT2D eigenvalue weighted by Crippen LogP contribution is 2.03. The zero-order chi connectivity index (χ0) is 10.5. The number of unbranched alkanes of at least 4 members (excludes halogenated alkanes) is 4. The molecule has 3 nitrogen and oxygen atoms in total. The molecule has 0 aromatic rings. The van der Waals surface area contributed by atoms with Gasteiger partial charge < -0.3 is 4.74 Å². The van der Waals surface area contributed by atoms with Crippen molar-refractivity contribution in [3.63, 3.8) is 0 Å². The van der Waals surface area contributed by atoms with Crippen LogP contribution in [0.25, 0.3) is 0 Å². The number of hydrogen-bond acceptors (Lipinski definition) is 3. The van der Waals surface area contributed by atoms with Gasteiger partial charge in [0, 0.05) is 13.2 Å². The quantitative estimate of drug-likeness (QED) is 0.308. The number of rotatable bonds is 10. The van der Waals surface area contributed by atoms with Crippen LogP contribution < -0.4 is 0 Å². The smallest absolute Gasteiger partial charge is 0.234 e. The van der Waals surface area contributed by atoms with E-state index in [1.54, 1.807) is 6.08 Å². The van der Waals surface area contributed by atoms with Crippen molar-refractivity contribution in [2.24, 2.45) is 4.99 Å². The normalized spacial score (nSPS) is 9.79. The van der Waals surface area contributed by atoms with Crippen molar-refractivity contribution in [2.45, 2.75) is 45.4 Å². The van der Waals surface area contributed by atoms with Crippen molar-refractivity contribution in [1.29, 1.82) is 0 Å². The summed E-state index contributed by atoms with van der Waals surface area (Å²) in [5.41, 5.74) is 0. The molecule has 0 spiro atoms. The fraction of sp³-hybridized carbons (Fsp3) is 0.909. The molecule has 3 heteroatoms. The molecule has 0 radical (unpaired) electrons. The van der Waals surface area contributed by atoms with Crippen LogP contribution in [0, 0.1) is 0 Å². The topological polar surface area (TPSA) is 38.7 Å². The first-order chi connectivity index (χ1) is 6.91. The molecule has 0 atom stereocenters. The average molecular weight is 199 g/mol. The average Bonchev–Trinajstić information content (AvgIpc) is 2.21. The second-order valence-electron chi connectivity index (χ2n) is 3.35. The van der Waals surface area contributed by atoms with Gasteiger partial charge in [-0.25, -0.2) is 9.79 Å². The van der Waals surface area contributed by atoms with E-state index < -0.39 is 0 Å². The minimum absolute atomic E-state index is 0.635. The van der Waals surface area contributed by atoms with E-state index in [0.717, 1.165) is 38.9 Å². The Balaban J connectivity index is 2.88. The molecular formula is C11H21NO2. The fourth-order valence-electron chi connectivity index (χ4n) is 1.22. The molecule has 0 N–H and O–H groups in total. The Hall–Kier alpha value is -0.660. The van der Waals surface area contributed by atoms with Gasteiger partial charge in [-0.05, 0) is 19.3 Å². The molecule has 0 heterocycles. The lowest BCUT2D eigenvalue weighted by Gasteiger charge is -2.01. The van der Waals surface area contributed by atoms with Crippen molar-refractivity contribution < 1.29 is 9.53 Å². The molecule has 0 aromatic carbocycles. The van der Waals surface area contributed by atoms with Gasteiger partial charge in [0.2, 0.25) is 6.08 Å². The first-order valence-electron chi connectivity index (χ1n) is 5.53. The summed E-state index contributed by atoms with van der Waals surface area (Å²) >= 11 is 0. The van der Waals surface area contributed by atoms with Crippen LogP contribution in [0.5, 0.6) is 0 Å². The van der Waals surface area contributed by atoms with Crippen LogP contribution in [0.1, 0.15) is 45.4 Å². The van der Waals surface area contributed by atoms with E-state index in [1.807, 2.05) is 0 Å². The Bertz CT molecular complexity index is 153. The van der Waals surface area contributed by atoms with Crippen LogP contribution in [0.4, 0.5) is 0 Å². The van der Waals surface area contributed by atoms with E-state index in [1.165, 1.54) is 12.8 Å². The Labute approximate surface area is 86.6 Å². The standard InChI is InChI=1S/C11H21NO2/c1-2-9-14-10-7-5-3-4-6-8-12-11-13/h2-10H2,1H3. The lowest BCUT2D eigenvalue weighted by molar-refractivity contribution is 0.130. The highest BCUT2D eigenvalue weighted by molar-refractivity contribution is 5.32. The van der Waals surface area contributed by atoms with Crippen molar-refractivity contribution in [3.05, 3.63) is 0 Å².